The van der Waals surface area contributed by atoms with Crippen molar-refractivity contribution >= 4 is 28.3 Å². The quantitative estimate of drug-likeness (QED) is 0.220. The van der Waals surface area contributed by atoms with Crippen LogP contribution in [0.3, 0.4) is 0 Å². The van der Waals surface area contributed by atoms with E-state index in [1.54, 1.807) is 24.3 Å². The van der Waals surface area contributed by atoms with Gasteiger partial charge in [-0.2, -0.15) is 0 Å². The summed E-state index contributed by atoms with van der Waals surface area (Å²) in [4.78, 5) is 27.0. The van der Waals surface area contributed by atoms with Gasteiger partial charge in [-0.05, 0) is 61.0 Å². The van der Waals surface area contributed by atoms with Gasteiger partial charge in [-0.3, -0.25) is 20.2 Å². The third-order valence-corrected chi connectivity index (χ3v) is 5.29. The summed E-state index contributed by atoms with van der Waals surface area (Å²) in [5.41, 5.74) is 1.14. The van der Waals surface area contributed by atoms with Crippen molar-refractivity contribution in [3.63, 3.8) is 0 Å². The van der Waals surface area contributed by atoms with Gasteiger partial charge in [0.25, 0.3) is 5.91 Å². The highest BCUT2D eigenvalue weighted by Gasteiger charge is 2.21. The Bertz CT molecular complexity index is 1300. The fourth-order valence-corrected chi connectivity index (χ4v) is 3.71. The average Bonchev–Trinajstić information content (AvgIpc) is 3.47. The number of nitrogens with zero attached hydrogens (tertiary/aromatic N) is 2. The molecule has 2 aromatic carbocycles. The molecule has 4 rings (SSSR count). The molecule has 11 heteroatoms. The molecule has 34 heavy (non-hydrogen) atoms. The predicted octanol–water partition coefficient (Wildman–Crippen LogP) is 6.28. The number of nitro groups is 1. The number of amides is 1. The van der Waals surface area contributed by atoms with Gasteiger partial charge in [-0.25, -0.2) is 9.37 Å². The second-order valence-corrected chi connectivity index (χ2v) is 7.89. The van der Waals surface area contributed by atoms with E-state index in [2.05, 4.69) is 10.3 Å². The van der Waals surface area contributed by atoms with E-state index in [0.717, 1.165) is 23.8 Å². The van der Waals surface area contributed by atoms with E-state index in [-0.39, 0.29) is 10.9 Å². The Kier molecular flexibility index (Phi) is 6.83. The second-order valence-electron chi connectivity index (χ2n) is 6.93. The third-order valence-electron chi connectivity index (χ3n) is 4.44. The molecule has 0 spiro atoms. The minimum atomic E-state index is -0.735. The van der Waals surface area contributed by atoms with Crippen LogP contribution >= 0.6 is 11.3 Å². The second kappa shape index (κ2) is 10.1. The molecule has 2 aromatic heterocycles. The maximum Gasteiger partial charge on any atom is 0.433 e. The molecular formula is C23H18FN3O6S. The number of anilines is 1. The maximum absolute atomic E-state index is 13.3. The molecule has 4 aromatic rings. The molecule has 0 unspecified atom stereocenters. The zero-order chi connectivity index (χ0) is 24.1. The Morgan fingerprint density at radius 1 is 1.12 bits per heavy atom. The molecule has 0 aliphatic carbocycles. The number of hydrogen-bond acceptors (Lipinski definition) is 8. The van der Waals surface area contributed by atoms with Crippen molar-refractivity contribution < 1.29 is 28.0 Å². The lowest BCUT2D eigenvalue weighted by atomic mass is 10.1. The molecule has 0 radical (unpaired) electrons. The van der Waals surface area contributed by atoms with Crippen LogP contribution in [0.5, 0.6) is 16.6 Å². The lowest BCUT2D eigenvalue weighted by molar-refractivity contribution is -0.402. The standard InChI is InChI=1S/C23H18FN3O6S/c1-2-13-31-16-7-3-14(4-8-16)20-22(32-17-9-5-15(24)6-10-17)34-23(25-20)26-21(28)18-11-12-19(33-18)27(29)30/h3-12H,2,13H2,1H3,(H,25,26,28). The van der Waals surface area contributed by atoms with Crippen molar-refractivity contribution in [1.82, 2.24) is 4.98 Å². The lowest BCUT2D eigenvalue weighted by Gasteiger charge is -2.07. The zero-order valence-electron chi connectivity index (χ0n) is 17.8. The monoisotopic (exact) mass is 483 g/mol. The molecule has 9 nitrogen and oxygen atoms in total. The van der Waals surface area contributed by atoms with E-state index in [0.29, 0.717) is 34.4 Å². The number of rotatable bonds is 9. The fraction of sp³-hybridized carbons (Fsp3) is 0.130. The number of carbonyl (C=O) groups is 1. The molecule has 0 bridgehead atoms. The van der Waals surface area contributed by atoms with Gasteiger partial charge in [0.2, 0.25) is 5.06 Å². The fourth-order valence-electron chi connectivity index (χ4n) is 2.86. The lowest BCUT2D eigenvalue weighted by Crippen LogP contribution is -2.10. The van der Waals surface area contributed by atoms with E-state index in [1.165, 1.54) is 30.3 Å². The zero-order valence-corrected chi connectivity index (χ0v) is 18.6. The van der Waals surface area contributed by atoms with Crippen LogP contribution in [0.1, 0.15) is 23.9 Å². The van der Waals surface area contributed by atoms with Crippen molar-refractivity contribution in [2.45, 2.75) is 13.3 Å². The highest BCUT2D eigenvalue weighted by molar-refractivity contribution is 7.18. The summed E-state index contributed by atoms with van der Waals surface area (Å²) in [7, 11) is 0. The molecule has 0 fully saturated rings. The topological polar surface area (TPSA) is 117 Å². The van der Waals surface area contributed by atoms with Gasteiger partial charge in [0, 0.05) is 5.56 Å². The van der Waals surface area contributed by atoms with Crippen molar-refractivity contribution in [3.05, 3.63) is 82.4 Å². The smallest absolute Gasteiger partial charge is 0.433 e. The predicted molar refractivity (Wildman–Crippen MR) is 123 cm³/mol. The molecule has 2 heterocycles. The molecule has 1 amide bonds. The number of benzene rings is 2. The third kappa shape index (κ3) is 5.38. The maximum atomic E-state index is 13.3. The molecule has 1 N–H and O–H groups in total. The molecular weight excluding hydrogens is 465 g/mol. The van der Waals surface area contributed by atoms with E-state index in [1.807, 2.05) is 6.92 Å². The summed E-state index contributed by atoms with van der Waals surface area (Å²) >= 11 is 1.04. The van der Waals surface area contributed by atoms with Crippen LogP contribution in [-0.4, -0.2) is 22.4 Å². The van der Waals surface area contributed by atoms with Gasteiger partial charge < -0.3 is 13.9 Å². The van der Waals surface area contributed by atoms with Gasteiger partial charge in [-0.1, -0.05) is 18.3 Å². The number of thiazole rings is 1. The van der Waals surface area contributed by atoms with E-state index in [4.69, 9.17) is 13.9 Å². The largest absolute Gasteiger partial charge is 0.494 e. The number of furan rings is 1. The van der Waals surface area contributed by atoms with Crippen molar-refractivity contribution in [3.8, 4) is 27.8 Å². The summed E-state index contributed by atoms with van der Waals surface area (Å²) in [6.45, 7) is 2.61. The summed E-state index contributed by atoms with van der Waals surface area (Å²) in [6.07, 6.45) is 0.880. The van der Waals surface area contributed by atoms with Crippen LogP contribution in [0.2, 0.25) is 0 Å². The molecule has 174 valence electrons. The summed E-state index contributed by atoms with van der Waals surface area (Å²) in [5.74, 6) is -0.800. The number of carbonyl (C=O) groups excluding carboxylic acids is 1. The number of nitrogens with one attached hydrogen (secondary N) is 1. The molecule has 0 aliphatic rings. The van der Waals surface area contributed by atoms with Gasteiger partial charge in [0.15, 0.2) is 10.9 Å². The highest BCUT2D eigenvalue weighted by atomic mass is 32.1. The van der Waals surface area contributed by atoms with Crippen molar-refractivity contribution in [2.24, 2.45) is 0 Å². The minimum Gasteiger partial charge on any atom is -0.494 e. The van der Waals surface area contributed by atoms with E-state index >= 15 is 0 Å². The Morgan fingerprint density at radius 2 is 1.82 bits per heavy atom. The van der Waals surface area contributed by atoms with Crippen LogP contribution in [-0.2, 0) is 0 Å². The van der Waals surface area contributed by atoms with Crippen LogP contribution < -0.4 is 14.8 Å². The van der Waals surface area contributed by atoms with Gasteiger partial charge >= 0.3 is 5.88 Å². The van der Waals surface area contributed by atoms with Crippen LogP contribution in [0, 0.1) is 15.9 Å². The summed E-state index contributed by atoms with van der Waals surface area (Å²) in [5, 5.41) is 13.9. The van der Waals surface area contributed by atoms with Gasteiger partial charge in [0.1, 0.15) is 27.9 Å². The Labute approximate surface area is 196 Å². The number of ether oxygens (including phenoxy) is 2. The van der Waals surface area contributed by atoms with Gasteiger partial charge in [0.05, 0.1) is 12.7 Å². The number of hydrogen-bond donors (Lipinski definition) is 1. The van der Waals surface area contributed by atoms with Crippen LogP contribution in [0.15, 0.2) is 65.1 Å². The van der Waals surface area contributed by atoms with Crippen LogP contribution in [0.4, 0.5) is 15.4 Å². The Morgan fingerprint density at radius 3 is 2.47 bits per heavy atom. The molecule has 0 atom stereocenters. The Hall–Kier alpha value is -4.25. The van der Waals surface area contributed by atoms with Crippen molar-refractivity contribution in [1.29, 1.82) is 0 Å². The molecule has 0 saturated carbocycles. The number of aromatic nitrogens is 1. The SMILES string of the molecule is CCCOc1ccc(-c2nc(NC(=O)c3ccc([N+](=O)[O-])o3)sc2Oc2ccc(F)cc2)cc1. The highest BCUT2D eigenvalue weighted by Crippen LogP contribution is 2.41. The molecule has 0 aliphatic heterocycles. The first kappa shape index (κ1) is 22.9. The summed E-state index contributed by atoms with van der Waals surface area (Å²) < 4.78 is 29.7. The molecule has 0 saturated heterocycles. The number of halogens is 1. The van der Waals surface area contributed by atoms with E-state index in [9.17, 15) is 19.3 Å². The first-order valence-electron chi connectivity index (χ1n) is 10.2. The first-order chi connectivity index (χ1) is 16.4. The van der Waals surface area contributed by atoms with Crippen LogP contribution in [0.25, 0.3) is 11.3 Å². The average molecular weight is 483 g/mol. The normalized spacial score (nSPS) is 10.6. The van der Waals surface area contributed by atoms with Crippen molar-refractivity contribution in [2.75, 3.05) is 11.9 Å². The Balaban J connectivity index is 1.62. The van der Waals surface area contributed by atoms with E-state index < -0.39 is 22.5 Å². The minimum absolute atomic E-state index is 0.183. The van der Waals surface area contributed by atoms with Gasteiger partial charge in [-0.15, -0.1) is 0 Å². The summed E-state index contributed by atoms with van der Waals surface area (Å²) in [6, 6.07) is 15.0. The first-order valence-corrected chi connectivity index (χ1v) is 11.0.